The number of amides is 1. The van der Waals surface area contributed by atoms with Gasteiger partial charge in [-0.1, -0.05) is 50.1 Å². The molecule has 1 spiro atoms. The van der Waals surface area contributed by atoms with Crippen molar-refractivity contribution in [3.8, 4) is 0 Å². The molecule has 2 aliphatic heterocycles. The Morgan fingerprint density at radius 3 is 2.52 bits per heavy atom. The lowest BCUT2D eigenvalue weighted by molar-refractivity contribution is -0.125. The van der Waals surface area contributed by atoms with Gasteiger partial charge < -0.3 is 10.1 Å². The zero-order valence-corrected chi connectivity index (χ0v) is 12.2. The van der Waals surface area contributed by atoms with E-state index in [1.165, 1.54) is 0 Å². The van der Waals surface area contributed by atoms with Gasteiger partial charge >= 0.3 is 0 Å². The fraction of sp³-hybridized carbons (Fsp3) is 0.167. The minimum absolute atomic E-state index is 0.113. The number of allylic oxidation sites excluding steroid dienone is 8. The molecule has 108 valence electrons. The molecule has 0 aromatic rings. The normalized spacial score (nSPS) is 28.5. The highest BCUT2D eigenvalue weighted by Gasteiger charge is 2.55. The van der Waals surface area contributed by atoms with Crippen molar-refractivity contribution in [3.63, 3.8) is 0 Å². The van der Waals surface area contributed by atoms with Crippen molar-refractivity contribution in [2.75, 3.05) is 6.61 Å². The topological polar surface area (TPSA) is 38.3 Å². The fourth-order valence-electron chi connectivity index (χ4n) is 2.77. The van der Waals surface area contributed by atoms with Crippen molar-refractivity contribution in [1.29, 1.82) is 0 Å². The first-order valence-corrected chi connectivity index (χ1v) is 6.76. The van der Waals surface area contributed by atoms with Crippen LogP contribution in [0.2, 0.25) is 0 Å². The Morgan fingerprint density at radius 1 is 1.24 bits per heavy atom. The Morgan fingerprint density at radius 2 is 1.95 bits per heavy atom. The summed E-state index contributed by atoms with van der Waals surface area (Å²) in [7, 11) is 0. The van der Waals surface area contributed by atoms with Crippen LogP contribution >= 0.6 is 0 Å². The quantitative estimate of drug-likeness (QED) is 0.858. The van der Waals surface area contributed by atoms with E-state index in [1.807, 2.05) is 25.2 Å². The van der Waals surface area contributed by atoms with Crippen LogP contribution in [0, 0.1) is 5.41 Å². The van der Waals surface area contributed by atoms with E-state index < -0.39 is 5.41 Å². The van der Waals surface area contributed by atoms with Crippen LogP contribution < -0.4 is 5.32 Å². The fourth-order valence-corrected chi connectivity index (χ4v) is 2.77. The SMILES string of the molecule is C=C/C=C1\C(=C/C=C)NC(=O)[C@@]12COC(/C=C\C)=C2C=C. The number of hydrogen-bond acceptors (Lipinski definition) is 2. The Hall–Kier alpha value is -2.55. The molecular weight excluding hydrogens is 262 g/mol. The number of ether oxygens (including phenoxy) is 1. The van der Waals surface area contributed by atoms with E-state index in [0.717, 1.165) is 16.8 Å². The van der Waals surface area contributed by atoms with Crippen LogP contribution in [0.3, 0.4) is 0 Å². The minimum atomic E-state index is -0.861. The van der Waals surface area contributed by atoms with Gasteiger partial charge in [-0.15, -0.1) is 0 Å². The van der Waals surface area contributed by atoms with Crippen molar-refractivity contribution >= 4 is 5.91 Å². The lowest BCUT2D eigenvalue weighted by Crippen LogP contribution is -2.34. The molecule has 0 aliphatic carbocycles. The first-order valence-electron chi connectivity index (χ1n) is 6.76. The molecule has 0 saturated carbocycles. The van der Waals surface area contributed by atoms with Gasteiger partial charge in [0.2, 0.25) is 5.91 Å². The summed E-state index contributed by atoms with van der Waals surface area (Å²) in [5.74, 6) is 0.565. The van der Waals surface area contributed by atoms with E-state index >= 15 is 0 Å². The monoisotopic (exact) mass is 281 g/mol. The zero-order chi connectivity index (χ0) is 15.5. The summed E-state index contributed by atoms with van der Waals surface area (Å²) in [5, 5.41) is 2.90. The maximum Gasteiger partial charge on any atom is 0.243 e. The highest BCUT2D eigenvalue weighted by molar-refractivity contribution is 5.98. The zero-order valence-electron chi connectivity index (χ0n) is 12.2. The van der Waals surface area contributed by atoms with Gasteiger partial charge in [-0.25, -0.2) is 0 Å². The highest BCUT2D eigenvalue weighted by Crippen LogP contribution is 2.50. The molecule has 1 saturated heterocycles. The highest BCUT2D eigenvalue weighted by atomic mass is 16.5. The summed E-state index contributed by atoms with van der Waals surface area (Å²) >= 11 is 0. The molecule has 0 unspecified atom stereocenters. The molecule has 3 heteroatoms. The van der Waals surface area contributed by atoms with E-state index in [4.69, 9.17) is 4.74 Å². The first kappa shape index (κ1) is 14.9. The van der Waals surface area contributed by atoms with E-state index in [1.54, 1.807) is 24.3 Å². The Kier molecular flexibility index (Phi) is 4.13. The maximum absolute atomic E-state index is 12.6. The molecule has 2 aliphatic rings. The lowest BCUT2D eigenvalue weighted by atomic mass is 9.75. The van der Waals surface area contributed by atoms with Gasteiger partial charge in [0.15, 0.2) is 0 Å². The average molecular weight is 281 g/mol. The molecule has 0 aromatic carbocycles. The summed E-state index contributed by atoms with van der Waals surface area (Å²) in [6.45, 7) is 13.4. The van der Waals surface area contributed by atoms with Gasteiger partial charge in [-0.3, -0.25) is 4.79 Å². The van der Waals surface area contributed by atoms with Crippen molar-refractivity contribution in [2.24, 2.45) is 5.41 Å². The van der Waals surface area contributed by atoms with E-state index in [-0.39, 0.29) is 12.5 Å². The molecule has 1 amide bonds. The summed E-state index contributed by atoms with van der Waals surface area (Å²) < 4.78 is 5.74. The van der Waals surface area contributed by atoms with Crippen molar-refractivity contribution in [2.45, 2.75) is 6.92 Å². The molecule has 1 fully saturated rings. The number of hydrogen-bond donors (Lipinski definition) is 1. The number of carbonyl (C=O) groups excluding carboxylic acids is 1. The summed E-state index contributed by atoms with van der Waals surface area (Å²) in [4.78, 5) is 12.6. The van der Waals surface area contributed by atoms with Gasteiger partial charge in [0.05, 0.1) is 0 Å². The molecule has 2 heterocycles. The Labute approximate surface area is 125 Å². The third-order valence-corrected chi connectivity index (χ3v) is 3.65. The van der Waals surface area contributed by atoms with Gasteiger partial charge in [-0.05, 0) is 24.6 Å². The van der Waals surface area contributed by atoms with Gasteiger partial charge in [0.25, 0.3) is 0 Å². The van der Waals surface area contributed by atoms with Crippen molar-refractivity contribution in [1.82, 2.24) is 5.32 Å². The molecule has 0 bridgehead atoms. The second-order valence-electron chi connectivity index (χ2n) is 4.76. The van der Waals surface area contributed by atoms with Gasteiger partial charge in [0.1, 0.15) is 17.8 Å². The van der Waals surface area contributed by atoms with Crippen LogP contribution in [0.1, 0.15) is 6.92 Å². The summed E-state index contributed by atoms with van der Waals surface area (Å²) in [5.41, 5.74) is 1.47. The largest absolute Gasteiger partial charge is 0.491 e. The van der Waals surface area contributed by atoms with Crippen LogP contribution in [0.15, 0.2) is 84.9 Å². The number of rotatable bonds is 4. The predicted octanol–water partition coefficient (Wildman–Crippen LogP) is 3.33. The summed E-state index contributed by atoms with van der Waals surface area (Å²) in [6, 6.07) is 0. The lowest BCUT2D eigenvalue weighted by Gasteiger charge is -2.21. The van der Waals surface area contributed by atoms with Crippen LogP contribution in [0.4, 0.5) is 0 Å². The van der Waals surface area contributed by atoms with Crippen molar-refractivity contribution < 1.29 is 9.53 Å². The predicted molar refractivity (Wildman–Crippen MR) is 85.1 cm³/mol. The molecule has 3 nitrogen and oxygen atoms in total. The third kappa shape index (κ3) is 2.11. The Balaban J connectivity index is 2.70. The third-order valence-electron chi connectivity index (χ3n) is 3.65. The first-order chi connectivity index (χ1) is 10.1. The minimum Gasteiger partial charge on any atom is -0.491 e. The second kappa shape index (κ2) is 5.83. The van der Waals surface area contributed by atoms with Gasteiger partial charge in [0, 0.05) is 11.3 Å². The molecule has 2 rings (SSSR count). The smallest absolute Gasteiger partial charge is 0.243 e. The van der Waals surface area contributed by atoms with Crippen LogP contribution in [-0.2, 0) is 9.53 Å². The van der Waals surface area contributed by atoms with E-state index in [0.29, 0.717) is 5.76 Å². The van der Waals surface area contributed by atoms with Gasteiger partial charge in [-0.2, -0.15) is 0 Å². The van der Waals surface area contributed by atoms with E-state index in [2.05, 4.69) is 25.1 Å². The molecule has 21 heavy (non-hydrogen) atoms. The molecule has 0 radical (unpaired) electrons. The number of nitrogens with one attached hydrogen (secondary N) is 1. The second-order valence-corrected chi connectivity index (χ2v) is 4.76. The van der Waals surface area contributed by atoms with E-state index in [9.17, 15) is 4.79 Å². The Bertz CT molecular complexity index is 632. The van der Waals surface area contributed by atoms with Crippen LogP contribution in [0.5, 0.6) is 0 Å². The molecule has 0 aromatic heterocycles. The maximum atomic E-state index is 12.6. The molecule has 1 N–H and O–H groups in total. The average Bonchev–Trinajstić information content (AvgIpc) is 2.95. The molecule has 1 atom stereocenters. The van der Waals surface area contributed by atoms with Crippen LogP contribution in [0.25, 0.3) is 0 Å². The van der Waals surface area contributed by atoms with Crippen LogP contribution in [-0.4, -0.2) is 12.5 Å². The van der Waals surface area contributed by atoms with Crippen molar-refractivity contribution in [3.05, 3.63) is 84.9 Å². The molecular formula is C18H19NO2. The standard InChI is InChI=1S/C18H19NO2/c1-5-9-14-15(10-6-2)19-17(20)18(14)12-21-16(11-7-3)13(18)8-4/h5-11H,1-2,4,12H2,3H3,(H,19,20)/b11-7-,14-9+,15-10+/t18-/m1/s1. The summed E-state index contributed by atoms with van der Waals surface area (Å²) in [6.07, 6.45) is 12.3. The number of carbonyl (C=O) groups is 1.